The first kappa shape index (κ1) is 12.1. The molecule has 1 aliphatic carbocycles. The van der Waals surface area contributed by atoms with E-state index < -0.39 is 0 Å². The van der Waals surface area contributed by atoms with E-state index in [1.54, 1.807) is 0 Å². The Balaban J connectivity index is 2.29. The predicted molar refractivity (Wildman–Crippen MR) is 64.4 cm³/mol. The van der Waals surface area contributed by atoms with E-state index in [-0.39, 0.29) is 0 Å². The van der Waals surface area contributed by atoms with Crippen LogP contribution in [0.15, 0.2) is 0 Å². The molecule has 1 rings (SSSR count). The van der Waals surface area contributed by atoms with E-state index in [9.17, 15) is 0 Å². The van der Waals surface area contributed by atoms with Crippen LogP contribution >= 0.6 is 0 Å². The zero-order chi connectivity index (χ0) is 10.4. The van der Waals surface area contributed by atoms with E-state index in [1.165, 1.54) is 51.4 Å². The van der Waals surface area contributed by atoms with Crippen molar-refractivity contribution < 1.29 is 0 Å². The maximum Gasteiger partial charge on any atom is -0.0409 e. The van der Waals surface area contributed by atoms with Crippen LogP contribution in [0.1, 0.15) is 72.1 Å². The Morgan fingerprint density at radius 1 is 0.857 bits per heavy atom. The van der Waals surface area contributed by atoms with Crippen LogP contribution in [0.5, 0.6) is 0 Å². The highest BCUT2D eigenvalue weighted by Gasteiger charge is 2.25. The van der Waals surface area contributed by atoms with Gasteiger partial charge >= 0.3 is 0 Å². The largest absolute Gasteiger partial charge is 0.0654 e. The van der Waals surface area contributed by atoms with E-state index >= 15 is 0 Å². The molecule has 0 heterocycles. The summed E-state index contributed by atoms with van der Waals surface area (Å²) in [6.45, 7) is 7.11. The maximum atomic E-state index is 2.46. The second-order valence-corrected chi connectivity index (χ2v) is 5.48. The molecule has 1 fully saturated rings. The van der Waals surface area contributed by atoms with Gasteiger partial charge in [0.2, 0.25) is 0 Å². The zero-order valence-electron chi connectivity index (χ0n) is 10.4. The predicted octanol–water partition coefficient (Wildman–Crippen LogP) is 5.03. The van der Waals surface area contributed by atoms with Gasteiger partial charge in [-0.3, -0.25) is 0 Å². The van der Waals surface area contributed by atoms with E-state index in [2.05, 4.69) is 20.8 Å². The highest BCUT2D eigenvalue weighted by Crippen LogP contribution is 2.37. The van der Waals surface area contributed by atoms with Crippen LogP contribution in [-0.2, 0) is 0 Å². The minimum atomic E-state index is 1.00. The van der Waals surface area contributed by atoms with Gasteiger partial charge in [0.15, 0.2) is 0 Å². The average molecular weight is 196 g/mol. The standard InChI is InChI=1S/C14H28/c1-4-6-8-14-10-12(3)9-13(11-14)7-5-2/h12-14H,4-11H2,1-3H3. The van der Waals surface area contributed by atoms with Crippen molar-refractivity contribution in [3.63, 3.8) is 0 Å². The molecule has 84 valence electrons. The number of hydrogen-bond acceptors (Lipinski definition) is 0. The fraction of sp³-hybridized carbons (Fsp3) is 1.00. The van der Waals surface area contributed by atoms with Gasteiger partial charge in [0, 0.05) is 0 Å². The Hall–Kier alpha value is 0. The monoisotopic (exact) mass is 196 g/mol. The van der Waals surface area contributed by atoms with E-state index in [4.69, 9.17) is 0 Å². The van der Waals surface area contributed by atoms with Crippen molar-refractivity contribution >= 4 is 0 Å². The molecule has 0 saturated heterocycles. The Bertz CT molecular complexity index is 139. The fourth-order valence-corrected chi connectivity index (χ4v) is 3.27. The number of hydrogen-bond donors (Lipinski definition) is 0. The smallest absolute Gasteiger partial charge is 0.0409 e. The first-order chi connectivity index (χ1) is 6.76. The van der Waals surface area contributed by atoms with Crippen molar-refractivity contribution in [3.8, 4) is 0 Å². The van der Waals surface area contributed by atoms with Gasteiger partial charge in [-0.25, -0.2) is 0 Å². The Morgan fingerprint density at radius 3 is 2.07 bits per heavy atom. The van der Waals surface area contributed by atoms with E-state index in [0.29, 0.717) is 0 Å². The molecule has 0 aromatic heterocycles. The molecule has 0 nitrogen and oxygen atoms in total. The molecule has 0 N–H and O–H groups in total. The topological polar surface area (TPSA) is 0 Å². The lowest BCUT2D eigenvalue weighted by Gasteiger charge is -2.33. The summed E-state index contributed by atoms with van der Waals surface area (Å²) >= 11 is 0. The van der Waals surface area contributed by atoms with Crippen LogP contribution in [0.25, 0.3) is 0 Å². The molecule has 0 aliphatic heterocycles. The molecule has 0 amide bonds. The van der Waals surface area contributed by atoms with E-state index in [0.717, 1.165) is 17.8 Å². The van der Waals surface area contributed by atoms with Crippen molar-refractivity contribution in [2.75, 3.05) is 0 Å². The minimum Gasteiger partial charge on any atom is -0.0654 e. The van der Waals surface area contributed by atoms with Gasteiger partial charge in [-0.05, 0) is 37.0 Å². The lowest BCUT2D eigenvalue weighted by atomic mass is 9.73. The van der Waals surface area contributed by atoms with E-state index in [1.807, 2.05) is 0 Å². The molecule has 14 heavy (non-hydrogen) atoms. The third-order valence-corrected chi connectivity index (χ3v) is 3.80. The maximum absolute atomic E-state index is 2.46. The molecule has 0 aromatic rings. The van der Waals surface area contributed by atoms with Crippen LogP contribution < -0.4 is 0 Å². The van der Waals surface area contributed by atoms with Crippen LogP contribution in [-0.4, -0.2) is 0 Å². The quantitative estimate of drug-likeness (QED) is 0.578. The van der Waals surface area contributed by atoms with Gasteiger partial charge in [-0.15, -0.1) is 0 Å². The van der Waals surface area contributed by atoms with Gasteiger partial charge in [-0.2, -0.15) is 0 Å². The molecule has 3 unspecified atom stereocenters. The Morgan fingerprint density at radius 2 is 1.50 bits per heavy atom. The van der Waals surface area contributed by atoms with Crippen molar-refractivity contribution in [1.82, 2.24) is 0 Å². The van der Waals surface area contributed by atoms with Gasteiger partial charge in [0.1, 0.15) is 0 Å². The summed E-state index contributed by atoms with van der Waals surface area (Å²) < 4.78 is 0. The lowest BCUT2D eigenvalue weighted by Crippen LogP contribution is -2.21. The van der Waals surface area contributed by atoms with Crippen molar-refractivity contribution in [1.29, 1.82) is 0 Å². The molecule has 0 radical (unpaired) electrons. The molecule has 0 aromatic carbocycles. The molecule has 3 atom stereocenters. The van der Waals surface area contributed by atoms with Crippen LogP contribution in [0, 0.1) is 17.8 Å². The summed E-state index contributed by atoms with van der Waals surface area (Å²) in [6.07, 6.45) is 11.8. The van der Waals surface area contributed by atoms with Crippen molar-refractivity contribution in [3.05, 3.63) is 0 Å². The molecule has 0 heteroatoms. The van der Waals surface area contributed by atoms with Gasteiger partial charge < -0.3 is 0 Å². The summed E-state index contributed by atoms with van der Waals surface area (Å²) in [5.41, 5.74) is 0. The summed E-state index contributed by atoms with van der Waals surface area (Å²) in [5, 5.41) is 0. The third kappa shape index (κ3) is 4.02. The molecular weight excluding hydrogens is 168 g/mol. The second kappa shape index (κ2) is 6.48. The SMILES string of the molecule is CCCCC1CC(C)CC(CCC)C1. The van der Waals surface area contributed by atoms with Gasteiger partial charge in [0.05, 0.1) is 0 Å². The van der Waals surface area contributed by atoms with Gasteiger partial charge in [0.25, 0.3) is 0 Å². The molecule has 1 saturated carbocycles. The average Bonchev–Trinajstić information content (AvgIpc) is 2.14. The fourth-order valence-electron chi connectivity index (χ4n) is 3.27. The molecule has 0 bridgehead atoms. The van der Waals surface area contributed by atoms with Gasteiger partial charge in [-0.1, -0.05) is 52.9 Å². The first-order valence-electron chi connectivity index (χ1n) is 6.76. The lowest BCUT2D eigenvalue weighted by molar-refractivity contribution is 0.186. The summed E-state index contributed by atoms with van der Waals surface area (Å²) in [4.78, 5) is 0. The minimum absolute atomic E-state index is 1.00. The normalized spacial score (nSPS) is 33.2. The summed E-state index contributed by atoms with van der Waals surface area (Å²) in [5.74, 6) is 3.13. The Labute approximate surface area is 90.5 Å². The molecule has 1 aliphatic rings. The summed E-state index contributed by atoms with van der Waals surface area (Å²) in [7, 11) is 0. The highest BCUT2D eigenvalue weighted by molar-refractivity contribution is 4.76. The highest BCUT2D eigenvalue weighted by atomic mass is 14.3. The summed E-state index contributed by atoms with van der Waals surface area (Å²) in [6, 6.07) is 0. The van der Waals surface area contributed by atoms with Crippen LogP contribution in [0.4, 0.5) is 0 Å². The molecular formula is C14H28. The number of rotatable bonds is 5. The van der Waals surface area contributed by atoms with Crippen molar-refractivity contribution in [2.45, 2.75) is 72.1 Å². The third-order valence-electron chi connectivity index (χ3n) is 3.80. The number of unbranched alkanes of at least 4 members (excludes halogenated alkanes) is 1. The van der Waals surface area contributed by atoms with Crippen molar-refractivity contribution in [2.24, 2.45) is 17.8 Å². The second-order valence-electron chi connectivity index (χ2n) is 5.48. The zero-order valence-corrected chi connectivity index (χ0v) is 10.4. The van der Waals surface area contributed by atoms with Crippen LogP contribution in [0.3, 0.4) is 0 Å². The Kier molecular flexibility index (Phi) is 5.59. The van der Waals surface area contributed by atoms with Crippen LogP contribution in [0.2, 0.25) is 0 Å². The first-order valence-corrected chi connectivity index (χ1v) is 6.76. The molecule has 0 spiro atoms.